The molecule has 1 N–H and O–H groups in total. The summed E-state index contributed by atoms with van der Waals surface area (Å²) in [7, 11) is 0. The van der Waals surface area contributed by atoms with E-state index in [4.69, 9.17) is 4.74 Å². The molecule has 16 heavy (non-hydrogen) atoms. The molecule has 0 atom stereocenters. The molecule has 2 rings (SSSR count). The molecule has 0 bridgehead atoms. The third kappa shape index (κ3) is 2.66. The fourth-order valence-electron chi connectivity index (χ4n) is 1.79. The predicted octanol–water partition coefficient (Wildman–Crippen LogP) is 2.38. The van der Waals surface area contributed by atoms with Crippen molar-refractivity contribution in [2.75, 3.05) is 13.1 Å². The normalized spacial score (nSPS) is 15.9. The first-order valence-corrected chi connectivity index (χ1v) is 5.51. The first-order valence-electron chi connectivity index (χ1n) is 5.51. The number of piperidine rings is 1. The fraction of sp³-hybridized carbons (Fsp3) is 0.417. The molecule has 4 heteroatoms. The van der Waals surface area contributed by atoms with E-state index in [2.05, 4.69) is 0 Å². The Kier molecular flexibility index (Phi) is 3.29. The summed E-state index contributed by atoms with van der Waals surface area (Å²) in [6.45, 7) is 1.52. The van der Waals surface area contributed by atoms with Gasteiger partial charge in [-0.1, -0.05) is 6.07 Å². The van der Waals surface area contributed by atoms with E-state index >= 15 is 0 Å². The Hall–Kier alpha value is -1.71. The molecule has 1 fully saturated rings. The van der Waals surface area contributed by atoms with Crippen molar-refractivity contribution in [3.63, 3.8) is 0 Å². The highest BCUT2D eigenvalue weighted by Crippen LogP contribution is 2.19. The molecule has 1 aliphatic rings. The first-order chi connectivity index (χ1) is 7.75. The SMILES string of the molecule is O=C(Oc1cccc(O)c1)N1CCCCC1. The molecule has 1 aromatic rings. The van der Waals surface area contributed by atoms with E-state index in [0.29, 0.717) is 5.75 Å². The zero-order chi connectivity index (χ0) is 11.4. The third-order valence-corrected chi connectivity index (χ3v) is 2.64. The van der Waals surface area contributed by atoms with Crippen LogP contribution in [-0.2, 0) is 0 Å². The van der Waals surface area contributed by atoms with Crippen LogP contribution >= 0.6 is 0 Å². The van der Waals surface area contributed by atoms with Crippen LogP contribution in [-0.4, -0.2) is 29.2 Å². The van der Waals surface area contributed by atoms with E-state index in [1.807, 2.05) is 0 Å². The van der Waals surface area contributed by atoms with Gasteiger partial charge in [0, 0.05) is 19.2 Å². The smallest absolute Gasteiger partial charge is 0.415 e. The monoisotopic (exact) mass is 221 g/mol. The summed E-state index contributed by atoms with van der Waals surface area (Å²) >= 11 is 0. The van der Waals surface area contributed by atoms with Crippen LogP contribution < -0.4 is 4.74 Å². The highest BCUT2D eigenvalue weighted by molar-refractivity contribution is 5.70. The number of ether oxygens (including phenoxy) is 1. The van der Waals surface area contributed by atoms with Crippen molar-refractivity contribution in [3.05, 3.63) is 24.3 Å². The number of carbonyl (C=O) groups excluding carboxylic acids is 1. The maximum atomic E-state index is 11.7. The summed E-state index contributed by atoms with van der Waals surface area (Å²) in [6, 6.07) is 6.27. The van der Waals surface area contributed by atoms with E-state index in [-0.39, 0.29) is 11.8 Å². The average molecular weight is 221 g/mol. The Morgan fingerprint density at radius 2 is 2.00 bits per heavy atom. The molecule has 1 saturated heterocycles. The minimum Gasteiger partial charge on any atom is -0.508 e. The number of amides is 1. The number of benzene rings is 1. The molecule has 0 saturated carbocycles. The van der Waals surface area contributed by atoms with Crippen molar-refractivity contribution in [1.82, 2.24) is 4.90 Å². The Labute approximate surface area is 94.4 Å². The van der Waals surface area contributed by atoms with Crippen LogP contribution in [0, 0.1) is 0 Å². The van der Waals surface area contributed by atoms with E-state index in [1.165, 1.54) is 18.6 Å². The molecule has 1 aromatic carbocycles. The zero-order valence-corrected chi connectivity index (χ0v) is 9.06. The van der Waals surface area contributed by atoms with Crippen LogP contribution in [0.5, 0.6) is 11.5 Å². The Balaban J connectivity index is 1.96. The highest BCUT2D eigenvalue weighted by Gasteiger charge is 2.18. The van der Waals surface area contributed by atoms with Gasteiger partial charge < -0.3 is 14.7 Å². The number of carbonyl (C=O) groups is 1. The number of nitrogens with zero attached hydrogens (tertiary/aromatic N) is 1. The molecule has 4 nitrogen and oxygen atoms in total. The van der Waals surface area contributed by atoms with Gasteiger partial charge in [-0.15, -0.1) is 0 Å². The summed E-state index contributed by atoms with van der Waals surface area (Å²) < 4.78 is 5.16. The van der Waals surface area contributed by atoms with Gasteiger partial charge in [0.05, 0.1) is 0 Å². The Bertz CT molecular complexity index is 372. The van der Waals surface area contributed by atoms with Crippen molar-refractivity contribution < 1.29 is 14.6 Å². The molecular formula is C12H15NO3. The summed E-state index contributed by atoms with van der Waals surface area (Å²) in [5.74, 6) is 0.486. The molecule has 0 unspecified atom stereocenters. The van der Waals surface area contributed by atoms with Crippen LogP contribution in [0.1, 0.15) is 19.3 Å². The minimum atomic E-state index is -0.328. The molecule has 1 heterocycles. The van der Waals surface area contributed by atoms with Crippen LogP contribution in [0.2, 0.25) is 0 Å². The minimum absolute atomic E-state index is 0.101. The Morgan fingerprint density at radius 3 is 2.69 bits per heavy atom. The lowest BCUT2D eigenvalue weighted by atomic mass is 10.1. The first kappa shape index (κ1) is 10.8. The number of hydrogen-bond donors (Lipinski definition) is 1. The standard InChI is InChI=1S/C12H15NO3/c14-10-5-4-6-11(9-10)16-12(15)13-7-2-1-3-8-13/h4-6,9,14H,1-3,7-8H2. The van der Waals surface area contributed by atoms with Gasteiger partial charge in [-0.05, 0) is 31.4 Å². The summed E-state index contributed by atoms with van der Waals surface area (Å²) in [4.78, 5) is 13.4. The van der Waals surface area contributed by atoms with E-state index in [0.717, 1.165) is 25.9 Å². The lowest BCUT2D eigenvalue weighted by Gasteiger charge is -2.25. The van der Waals surface area contributed by atoms with Crippen molar-refractivity contribution >= 4 is 6.09 Å². The third-order valence-electron chi connectivity index (χ3n) is 2.64. The largest absolute Gasteiger partial charge is 0.508 e. The van der Waals surface area contributed by atoms with Crippen molar-refractivity contribution in [3.8, 4) is 11.5 Å². The topological polar surface area (TPSA) is 49.8 Å². The molecule has 1 amide bonds. The number of hydrogen-bond acceptors (Lipinski definition) is 3. The van der Waals surface area contributed by atoms with E-state index < -0.39 is 0 Å². The molecular weight excluding hydrogens is 206 g/mol. The quantitative estimate of drug-likeness (QED) is 0.792. The van der Waals surface area contributed by atoms with Gasteiger partial charge in [0.2, 0.25) is 0 Å². The van der Waals surface area contributed by atoms with Crippen LogP contribution in [0.3, 0.4) is 0 Å². The summed E-state index contributed by atoms with van der Waals surface area (Å²) in [5, 5.41) is 9.23. The van der Waals surface area contributed by atoms with Crippen LogP contribution in [0.15, 0.2) is 24.3 Å². The number of rotatable bonds is 1. The van der Waals surface area contributed by atoms with E-state index in [9.17, 15) is 9.90 Å². The van der Waals surface area contributed by atoms with Crippen molar-refractivity contribution in [2.45, 2.75) is 19.3 Å². The molecule has 1 aliphatic heterocycles. The summed E-state index contributed by atoms with van der Waals surface area (Å²) in [5.41, 5.74) is 0. The second-order valence-electron chi connectivity index (χ2n) is 3.91. The van der Waals surface area contributed by atoms with Gasteiger partial charge in [0.25, 0.3) is 0 Å². The highest BCUT2D eigenvalue weighted by atomic mass is 16.6. The number of phenols is 1. The second kappa shape index (κ2) is 4.88. The second-order valence-corrected chi connectivity index (χ2v) is 3.91. The van der Waals surface area contributed by atoms with Gasteiger partial charge in [0.1, 0.15) is 11.5 Å². The van der Waals surface area contributed by atoms with Gasteiger partial charge in [-0.25, -0.2) is 4.79 Å². The fourth-order valence-corrected chi connectivity index (χ4v) is 1.79. The Morgan fingerprint density at radius 1 is 1.25 bits per heavy atom. The molecule has 0 spiro atoms. The zero-order valence-electron chi connectivity index (χ0n) is 9.06. The van der Waals surface area contributed by atoms with Gasteiger partial charge in [-0.3, -0.25) is 0 Å². The number of phenolic OH excluding ortho intramolecular Hbond substituents is 1. The molecule has 0 aliphatic carbocycles. The lowest BCUT2D eigenvalue weighted by molar-refractivity contribution is 0.142. The number of likely N-dealkylation sites (tertiary alicyclic amines) is 1. The van der Waals surface area contributed by atoms with Gasteiger partial charge in [-0.2, -0.15) is 0 Å². The van der Waals surface area contributed by atoms with Crippen molar-refractivity contribution in [2.24, 2.45) is 0 Å². The maximum absolute atomic E-state index is 11.7. The lowest BCUT2D eigenvalue weighted by Crippen LogP contribution is -2.37. The maximum Gasteiger partial charge on any atom is 0.415 e. The number of aromatic hydroxyl groups is 1. The molecule has 0 aromatic heterocycles. The summed E-state index contributed by atoms with van der Waals surface area (Å²) in [6.07, 6.45) is 2.92. The molecule has 0 radical (unpaired) electrons. The average Bonchev–Trinajstić information content (AvgIpc) is 2.30. The molecule has 86 valence electrons. The predicted molar refractivity (Wildman–Crippen MR) is 59.6 cm³/mol. The van der Waals surface area contributed by atoms with Crippen LogP contribution in [0.4, 0.5) is 4.79 Å². The van der Waals surface area contributed by atoms with Crippen LogP contribution in [0.25, 0.3) is 0 Å². The van der Waals surface area contributed by atoms with E-state index in [1.54, 1.807) is 17.0 Å². The van der Waals surface area contributed by atoms with Gasteiger partial charge >= 0.3 is 6.09 Å². The van der Waals surface area contributed by atoms with Crippen molar-refractivity contribution in [1.29, 1.82) is 0 Å². The van der Waals surface area contributed by atoms with Gasteiger partial charge in [0.15, 0.2) is 0 Å².